The number of halogens is 2. The normalized spacial score (nSPS) is 10.6. The first kappa shape index (κ1) is 23.6. The van der Waals surface area contributed by atoms with Gasteiger partial charge >= 0.3 is 0 Å². The van der Waals surface area contributed by atoms with E-state index in [1.54, 1.807) is 30.3 Å². The zero-order valence-electron chi connectivity index (χ0n) is 18.7. The fourth-order valence-corrected chi connectivity index (χ4v) is 3.33. The van der Waals surface area contributed by atoms with Crippen molar-refractivity contribution < 1.29 is 27.5 Å². The molecule has 0 bridgehead atoms. The van der Waals surface area contributed by atoms with Crippen molar-refractivity contribution in [2.45, 2.75) is 12.8 Å². The van der Waals surface area contributed by atoms with Gasteiger partial charge in [0.1, 0.15) is 17.4 Å². The number of oxazole rings is 1. The molecule has 0 atom stereocenters. The molecule has 3 aromatic carbocycles. The summed E-state index contributed by atoms with van der Waals surface area (Å²) < 4.78 is 37.4. The minimum absolute atomic E-state index is 0.0976. The van der Waals surface area contributed by atoms with Crippen LogP contribution >= 0.6 is 0 Å². The average molecular weight is 477 g/mol. The summed E-state index contributed by atoms with van der Waals surface area (Å²) >= 11 is 0. The van der Waals surface area contributed by atoms with E-state index in [9.17, 15) is 18.4 Å². The number of carbonyl (C=O) groups is 2. The molecule has 0 saturated heterocycles. The molecule has 0 aliphatic rings. The van der Waals surface area contributed by atoms with E-state index in [4.69, 9.17) is 9.15 Å². The predicted molar refractivity (Wildman–Crippen MR) is 126 cm³/mol. The Morgan fingerprint density at radius 3 is 2.51 bits per heavy atom. The number of nitrogens with one attached hydrogen (secondary N) is 2. The number of rotatable bonds is 8. The van der Waals surface area contributed by atoms with Gasteiger partial charge in [-0.05, 0) is 60.7 Å². The first-order valence-corrected chi connectivity index (χ1v) is 10.7. The molecule has 2 amide bonds. The van der Waals surface area contributed by atoms with Crippen LogP contribution < -0.4 is 15.4 Å². The average Bonchev–Trinajstić information content (AvgIpc) is 3.32. The fourth-order valence-electron chi connectivity index (χ4n) is 3.33. The maximum atomic E-state index is 13.4. The minimum atomic E-state index is -0.526. The maximum absolute atomic E-state index is 13.4. The molecular weight excluding hydrogens is 456 g/mol. The van der Waals surface area contributed by atoms with E-state index in [1.807, 2.05) is 0 Å². The van der Waals surface area contributed by atoms with Crippen molar-refractivity contribution in [1.82, 2.24) is 4.98 Å². The smallest absolute Gasteiger partial charge is 0.255 e. The lowest BCUT2D eigenvalue weighted by Gasteiger charge is -2.13. The first-order valence-electron chi connectivity index (χ1n) is 10.7. The molecule has 1 heterocycles. The van der Waals surface area contributed by atoms with Crippen LogP contribution in [0.4, 0.5) is 20.2 Å². The largest absolute Gasteiger partial charge is 0.495 e. The van der Waals surface area contributed by atoms with E-state index in [1.165, 1.54) is 43.6 Å². The second-order valence-electron chi connectivity index (χ2n) is 7.55. The predicted octanol–water partition coefficient (Wildman–Crippen LogP) is 5.45. The summed E-state index contributed by atoms with van der Waals surface area (Å²) in [4.78, 5) is 29.1. The van der Waals surface area contributed by atoms with Crippen molar-refractivity contribution in [2.75, 3.05) is 17.7 Å². The van der Waals surface area contributed by atoms with Crippen LogP contribution in [0, 0.1) is 11.6 Å². The van der Waals surface area contributed by atoms with Gasteiger partial charge in [-0.15, -0.1) is 0 Å². The number of aryl methyl sites for hydroxylation is 1. The standard InChI is InChI=1S/C26H21F2N3O4/c1-34-22-10-9-20(14-21(22)31-26(33)17-3-2-4-19(28)13-17)30-24(32)11-12-25-29-15-23(35-25)16-5-7-18(27)8-6-16/h2-10,13-15H,11-12H2,1H3,(H,30,32)(H,31,33). The van der Waals surface area contributed by atoms with Gasteiger partial charge in [0.25, 0.3) is 5.91 Å². The summed E-state index contributed by atoms with van der Waals surface area (Å²) in [6.45, 7) is 0. The van der Waals surface area contributed by atoms with Gasteiger partial charge in [0.2, 0.25) is 5.91 Å². The minimum Gasteiger partial charge on any atom is -0.495 e. The Balaban J connectivity index is 1.38. The molecule has 0 fully saturated rings. The van der Waals surface area contributed by atoms with Crippen molar-refractivity contribution in [3.05, 3.63) is 96.0 Å². The summed E-state index contributed by atoms with van der Waals surface area (Å²) in [6, 6.07) is 15.9. The Morgan fingerprint density at radius 2 is 1.77 bits per heavy atom. The van der Waals surface area contributed by atoms with Crippen LogP contribution in [0.1, 0.15) is 22.7 Å². The molecule has 35 heavy (non-hydrogen) atoms. The van der Waals surface area contributed by atoms with Crippen LogP contribution in [0.3, 0.4) is 0 Å². The van der Waals surface area contributed by atoms with E-state index in [2.05, 4.69) is 15.6 Å². The number of amides is 2. The fraction of sp³-hybridized carbons (Fsp3) is 0.115. The molecule has 0 aliphatic carbocycles. The van der Waals surface area contributed by atoms with Crippen LogP contribution in [-0.2, 0) is 11.2 Å². The van der Waals surface area contributed by atoms with E-state index >= 15 is 0 Å². The number of aromatic nitrogens is 1. The van der Waals surface area contributed by atoms with Crippen molar-refractivity contribution >= 4 is 23.2 Å². The molecule has 7 nitrogen and oxygen atoms in total. The second-order valence-corrected chi connectivity index (χ2v) is 7.55. The van der Waals surface area contributed by atoms with Gasteiger partial charge in [0.15, 0.2) is 11.7 Å². The maximum Gasteiger partial charge on any atom is 0.255 e. The monoisotopic (exact) mass is 477 g/mol. The molecule has 0 saturated carbocycles. The van der Waals surface area contributed by atoms with Gasteiger partial charge in [0, 0.05) is 29.7 Å². The Hall–Kier alpha value is -4.53. The summed E-state index contributed by atoms with van der Waals surface area (Å²) in [5, 5.41) is 5.42. The van der Waals surface area contributed by atoms with Crippen LogP contribution in [0.2, 0.25) is 0 Å². The summed E-state index contributed by atoms with van der Waals surface area (Å²) in [5.74, 6) is -0.458. The van der Waals surface area contributed by atoms with Crippen LogP contribution in [0.15, 0.2) is 77.3 Å². The number of nitrogens with zero attached hydrogens (tertiary/aromatic N) is 1. The van der Waals surface area contributed by atoms with E-state index in [0.29, 0.717) is 34.3 Å². The van der Waals surface area contributed by atoms with Crippen molar-refractivity contribution in [1.29, 1.82) is 0 Å². The highest BCUT2D eigenvalue weighted by molar-refractivity contribution is 6.05. The molecular formula is C26H21F2N3O4. The molecule has 0 spiro atoms. The Morgan fingerprint density at radius 1 is 0.971 bits per heavy atom. The van der Waals surface area contributed by atoms with E-state index in [0.717, 1.165) is 6.07 Å². The van der Waals surface area contributed by atoms with Crippen LogP contribution in [0.25, 0.3) is 11.3 Å². The van der Waals surface area contributed by atoms with Gasteiger partial charge < -0.3 is 19.8 Å². The highest BCUT2D eigenvalue weighted by Crippen LogP contribution is 2.29. The van der Waals surface area contributed by atoms with Crippen molar-refractivity contribution in [2.24, 2.45) is 0 Å². The van der Waals surface area contributed by atoms with Crippen LogP contribution in [0.5, 0.6) is 5.75 Å². The highest BCUT2D eigenvalue weighted by atomic mass is 19.1. The number of anilines is 2. The third-order valence-corrected chi connectivity index (χ3v) is 5.07. The molecule has 0 aliphatic heterocycles. The van der Waals surface area contributed by atoms with Gasteiger partial charge in [-0.2, -0.15) is 0 Å². The Kier molecular flexibility index (Phi) is 7.15. The number of methoxy groups -OCH3 is 1. The number of hydrogen-bond acceptors (Lipinski definition) is 5. The SMILES string of the molecule is COc1ccc(NC(=O)CCc2ncc(-c3ccc(F)cc3)o2)cc1NC(=O)c1cccc(F)c1. The summed E-state index contributed by atoms with van der Waals surface area (Å²) in [7, 11) is 1.45. The molecule has 4 aromatic rings. The van der Waals surface area contributed by atoms with Crippen LogP contribution in [-0.4, -0.2) is 23.9 Å². The third-order valence-electron chi connectivity index (χ3n) is 5.07. The lowest BCUT2D eigenvalue weighted by molar-refractivity contribution is -0.116. The van der Waals surface area contributed by atoms with E-state index < -0.39 is 11.7 Å². The summed E-state index contributed by atoms with van der Waals surface area (Å²) in [6.07, 6.45) is 1.88. The number of ether oxygens (including phenoxy) is 1. The van der Waals surface area contributed by atoms with Crippen molar-refractivity contribution in [3.8, 4) is 17.1 Å². The lowest BCUT2D eigenvalue weighted by atomic mass is 10.2. The topological polar surface area (TPSA) is 93.5 Å². The quantitative estimate of drug-likeness (QED) is 0.352. The molecule has 178 valence electrons. The van der Waals surface area contributed by atoms with Gasteiger partial charge in [0.05, 0.1) is 19.0 Å². The number of benzene rings is 3. The molecule has 0 unspecified atom stereocenters. The van der Waals surface area contributed by atoms with Gasteiger partial charge in [-0.1, -0.05) is 6.07 Å². The zero-order valence-corrected chi connectivity index (χ0v) is 18.7. The Labute approximate surface area is 199 Å². The van der Waals surface area contributed by atoms with E-state index in [-0.39, 0.29) is 30.1 Å². The Bertz CT molecular complexity index is 1350. The summed E-state index contributed by atoms with van der Waals surface area (Å²) in [5.41, 5.74) is 1.58. The first-order chi connectivity index (χ1) is 16.9. The zero-order chi connectivity index (χ0) is 24.8. The number of hydrogen-bond donors (Lipinski definition) is 2. The second kappa shape index (κ2) is 10.6. The molecule has 2 N–H and O–H groups in total. The molecule has 1 aromatic heterocycles. The molecule has 0 radical (unpaired) electrons. The lowest BCUT2D eigenvalue weighted by Crippen LogP contribution is -2.15. The van der Waals surface area contributed by atoms with Gasteiger partial charge in [-0.3, -0.25) is 9.59 Å². The van der Waals surface area contributed by atoms with Gasteiger partial charge in [-0.25, -0.2) is 13.8 Å². The number of carbonyl (C=O) groups excluding carboxylic acids is 2. The third kappa shape index (κ3) is 6.08. The highest BCUT2D eigenvalue weighted by Gasteiger charge is 2.14. The van der Waals surface area contributed by atoms with Crippen molar-refractivity contribution in [3.63, 3.8) is 0 Å². The molecule has 9 heteroatoms. The molecule has 4 rings (SSSR count).